The molecule has 5 heteroatoms. The molecule has 0 aromatic heterocycles. The van der Waals surface area contributed by atoms with Gasteiger partial charge in [-0.1, -0.05) is 0 Å². The molecule has 0 bridgehead atoms. The lowest BCUT2D eigenvalue weighted by molar-refractivity contribution is 0.0499. The fourth-order valence-electron chi connectivity index (χ4n) is 0.806. The second-order valence-electron chi connectivity index (χ2n) is 2.33. The summed E-state index contributed by atoms with van der Waals surface area (Å²) in [5.41, 5.74) is 0. The van der Waals surface area contributed by atoms with E-state index < -0.39 is 9.53 Å². The zero-order chi connectivity index (χ0) is 7.94. The van der Waals surface area contributed by atoms with Crippen molar-refractivity contribution in [3.63, 3.8) is 0 Å². The molecular weight excluding hydrogens is 164 g/mol. The molecule has 0 aliphatic carbocycles. The van der Waals surface area contributed by atoms with Crippen molar-refractivity contribution >= 4 is 9.53 Å². The average Bonchev–Trinajstić information content (AvgIpc) is 2.07. The molecule has 11 heavy (non-hydrogen) atoms. The van der Waals surface area contributed by atoms with Crippen molar-refractivity contribution in [3.8, 4) is 0 Å². The van der Waals surface area contributed by atoms with Crippen LogP contribution in [-0.2, 0) is 13.3 Å². The van der Waals surface area contributed by atoms with Gasteiger partial charge in [0.25, 0.3) is 0 Å². The standard InChI is InChI=1S/C6H14O4Si/c7-3-1-4-8-11-9-5-2-6-10-11/h7,11H,1-6H2. The van der Waals surface area contributed by atoms with Crippen LogP contribution in [0.2, 0.25) is 0 Å². The van der Waals surface area contributed by atoms with Crippen LogP contribution >= 0.6 is 0 Å². The normalized spacial score (nSPS) is 20.5. The summed E-state index contributed by atoms with van der Waals surface area (Å²) in [6, 6.07) is 0. The number of hydrogen-bond acceptors (Lipinski definition) is 4. The van der Waals surface area contributed by atoms with E-state index in [0.29, 0.717) is 13.0 Å². The van der Waals surface area contributed by atoms with E-state index in [2.05, 4.69) is 0 Å². The molecule has 1 heterocycles. The minimum atomic E-state index is -1.77. The van der Waals surface area contributed by atoms with E-state index in [1.165, 1.54) is 0 Å². The molecule has 0 atom stereocenters. The minimum Gasteiger partial charge on any atom is -0.396 e. The highest BCUT2D eigenvalue weighted by Gasteiger charge is 2.18. The zero-order valence-electron chi connectivity index (χ0n) is 6.49. The summed E-state index contributed by atoms with van der Waals surface area (Å²) in [6.07, 6.45) is 1.63. The van der Waals surface area contributed by atoms with Crippen molar-refractivity contribution in [1.29, 1.82) is 0 Å². The summed E-state index contributed by atoms with van der Waals surface area (Å²) in [5, 5.41) is 8.45. The van der Waals surface area contributed by atoms with Crippen molar-refractivity contribution in [2.75, 3.05) is 26.4 Å². The third kappa shape index (κ3) is 3.83. The smallest absolute Gasteiger partial charge is 0.396 e. The first-order chi connectivity index (χ1) is 5.43. The molecule has 0 saturated carbocycles. The molecule has 66 valence electrons. The lowest BCUT2D eigenvalue weighted by atomic mass is 10.5. The highest BCUT2D eigenvalue weighted by molar-refractivity contribution is 6.36. The monoisotopic (exact) mass is 178 g/mol. The van der Waals surface area contributed by atoms with Crippen LogP contribution in [0.3, 0.4) is 0 Å². The molecule has 0 amide bonds. The Labute approximate surface area is 68.0 Å². The third-order valence-electron chi connectivity index (χ3n) is 1.35. The summed E-state index contributed by atoms with van der Waals surface area (Å²) in [5.74, 6) is 0. The number of aliphatic hydroxyl groups excluding tert-OH is 1. The number of hydrogen-bond donors (Lipinski definition) is 1. The van der Waals surface area contributed by atoms with Crippen LogP contribution in [0.15, 0.2) is 0 Å². The Bertz CT molecular complexity index is 94.6. The summed E-state index contributed by atoms with van der Waals surface area (Å²) in [7, 11) is -1.77. The molecule has 1 fully saturated rings. The highest BCUT2D eigenvalue weighted by Crippen LogP contribution is 2.01. The Kier molecular flexibility index (Phi) is 4.72. The molecule has 0 aromatic rings. The first-order valence-electron chi connectivity index (χ1n) is 3.89. The van der Waals surface area contributed by atoms with Crippen LogP contribution in [0.5, 0.6) is 0 Å². The Morgan fingerprint density at radius 1 is 1.36 bits per heavy atom. The van der Waals surface area contributed by atoms with Gasteiger partial charge in [0.1, 0.15) is 0 Å². The predicted molar refractivity (Wildman–Crippen MR) is 41.3 cm³/mol. The second-order valence-corrected chi connectivity index (χ2v) is 3.91. The summed E-state index contributed by atoms with van der Waals surface area (Å²) in [6.45, 7) is 2.24. The molecule has 1 N–H and O–H groups in total. The third-order valence-corrected chi connectivity index (χ3v) is 2.88. The number of rotatable bonds is 4. The van der Waals surface area contributed by atoms with Crippen molar-refractivity contribution < 1.29 is 18.4 Å². The fraction of sp³-hybridized carbons (Fsp3) is 1.00. The predicted octanol–water partition coefficient (Wildman–Crippen LogP) is -0.461. The van der Waals surface area contributed by atoms with Gasteiger partial charge in [0.05, 0.1) is 0 Å². The zero-order valence-corrected chi connectivity index (χ0v) is 7.65. The van der Waals surface area contributed by atoms with E-state index in [1.807, 2.05) is 0 Å². The van der Waals surface area contributed by atoms with Gasteiger partial charge in [-0.15, -0.1) is 0 Å². The van der Waals surface area contributed by atoms with Gasteiger partial charge in [0.15, 0.2) is 0 Å². The minimum absolute atomic E-state index is 0.168. The van der Waals surface area contributed by atoms with E-state index in [9.17, 15) is 0 Å². The van der Waals surface area contributed by atoms with Crippen molar-refractivity contribution in [2.24, 2.45) is 0 Å². The van der Waals surface area contributed by atoms with Crippen LogP contribution in [0.4, 0.5) is 0 Å². The maximum Gasteiger partial charge on any atom is 0.484 e. The molecule has 1 saturated heterocycles. The summed E-state index contributed by atoms with van der Waals surface area (Å²) < 4.78 is 15.7. The van der Waals surface area contributed by atoms with Crippen molar-refractivity contribution in [3.05, 3.63) is 0 Å². The Morgan fingerprint density at radius 3 is 2.73 bits per heavy atom. The number of aliphatic hydroxyl groups is 1. The van der Waals surface area contributed by atoms with E-state index in [1.54, 1.807) is 0 Å². The quantitative estimate of drug-likeness (QED) is 0.467. The SMILES string of the molecule is OCCCO[SiH]1OCCCO1. The Morgan fingerprint density at radius 2 is 2.09 bits per heavy atom. The van der Waals surface area contributed by atoms with Gasteiger partial charge in [-0.25, -0.2) is 0 Å². The molecular formula is C6H14O4Si. The van der Waals surface area contributed by atoms with Crippen LogP contribution < -0.4 is 0 Å². The van der Waals surface area contributed by atoms with Gasteiger partial charge < -0.3 is 18.4 Å². The van der Waals surface area contributed by atoms with Crippen molar-refractivity contribution in [1.82, 2.24) is 0 Å². The first kappa shape index (κ1) is 9.15. The lowest BCUT2D eigenvalue weighted by Crippen LogP contribution is -2.33. The van der Waals surface area contributed by atoms with Crippen molar-refractivity contribution in [2.45, 2.75) is 12.8 Å². The Balaban J connectivity index is 1.96. The maximum absolute atomic E-state index is 8.45. The second kappa shape index (κ2) is 5.67. The van der Waals surface area contributed by atoms with Gasteiger partial charge in [0.2, 0.25) is 0 Å². The van der Waals surface area contributed by atoms with Crippen LogP contribution in [0, 0.1) is 0 Å². The van der Waals surface area contributed by atoms with E-state index in [0.717, 1.165) is 19.6 Å². The Hall–Kier alpha value is 0.0569. The molecule has 0 aromatic carbocycles. The molecule has 1 rings (SSSR count). The van der Waals surface area contributed by atoms with Crippen LogP contribution in [0.1, 0.15) is 12.8 Å². The van der Waals surface area contributed by atoms with Gasteiger partial charge in [-0.3, -0.25) is 0 Å². The van der Waals surface area contributed by atoms with Gasteiger partial charge >= 0.3 is 9.53 Å². The van der Waals surface area contributed by atoms with E-state index >= 15 is 0 Å². The molecule has 1 aliphatic rings. The maximum atomic E-state index is 8.45. The molecule has 1 aliphatic heterocycles. The van der Waals surface area contributed by atoms with Crippen LogP contribution in [-0.4, -0.2) is 41.1 Å². The topological polar surface area (TPSA) is 47.9 Å². The lowest BCUT2D eigenvalue weighted by Gasteiger charge is -2.20. The van der Waals surface area contributed by atoms with Gasteiger partial charge in [-0.2, -0.15) is 0 Å². The summed E-state index contributed by atoms with van der Waals surface area (Å²) >= 11 is 0. The van der Waals surface area contributed by atoms with Gasteiger partial charge in [0, 0.05) is 26.4 Å². The molecule has 0 unspecified atom stereocenters. The summed E-state index contributed by atoms with van der Waals surface area (Å²) in [4.78, 5) is 0. The van der Waals surface area contributed by atoms with E-state index in [-0.39, 0.29) is 6.61 Å². The molecule has 0 radical (unpaired) electrons. The largest absolute Gasteiger partial charge is 0.484 e. The fourth-order valence-corrected chi connectivity index (χ4v) is 2.17. The van der Waals surface area contributed by atoms with Crippen LogP contribution in [0.25, 0.3) is 0 Å². The average molecular weight is 178 g/mol. The highest BCUT2D eigenvalue weighted by atomic mass is 28.3. The first-order valence-corrected chi connectivity index (χ1v) is 5.30. The van der Waals surface area contributed by atoms with E-state index in [4.69, 9.17) is 18.4 Å². The van der Waals surface area contributed by atoms with Gasteiger partial charge in [-0.05, 0) is 12.8 Å². The molecule has 0 spiro atoms. The molecule has 4 nitrogen and oxygen atoms in total.